The number of sulfonamides is 1. The van der Waals surface area contributed by atoms with Gasteiger partial charge in [0.1, 0.15) is 0 Å². The molecule has 0 radical (unpaired) electrons. The van der Waals surface area contributed by atoms with E-state index in [1.54, 1.807) is 0 Å². The molecule has 3 rings (SSSR count). The van der Waals surface area contributed by atoms with Gasteiger partial charge in [0.15, 0.2) is 0 Å². The van der Waals surface area contributed by atoms with Crippen LogP contribution in [0.15, 0.2) is 29.2 Å². The molecule has 1 atom stereocenters. The highest BCUT2D eigenvalue weighted by molar-refractivity contribution is 7.89. The van der Waals surface area contributed by atoms with Crippen LogP contribution < -0.4 is 10.6 Å². The molecule has 2 N–H and O–H groups in total. The van der Waals surface area contributed by atoms with Gasteiger partial charge in [0.2, 0.25) is 10.0 Å². The first kappa shape index (κ1) is 30.2. The quantitative estimate of drug-likeness (QED) is 0.529. The van der Waals surface area contributed by atoms with E-state index in [0.717, 1.165) is 56.4 Å². The molecule has 34 heavy (non-hydrogen) atoms. The number of hydrogen-bond acceptors (Lipinski definition) is 3. The van der Waals surface area contributed by atoms with Crippen molar-refractivity contribution in [3.63, 3.8) is 0 Å². The van der Waals surface area contributed by atoms with E-state index >= 15 is 0 Å². The van der Waals surface area contributed by atoms with E-state index in [2.05, 4.69) is 10.6 Å². The number of halogens is 3. The molecule has 1 heterocycles. The minimum atomic E-state index is -4.51. The SMILES string of the molecule is C.C.O=C(NCC1CCCN(S(=O)(=O)c2ccc(C(F)(F)F)cc2)C1)NC1CCCCCCC1. The van der Waals surface area contributed by atoms with Crippen molar-refractivity contribution in [1.29, 1.82) is 0 Å². The monoisotopic (exact) mass is 507 g/mol. The summed E-state index contributed by atoms with van der Waals surface area (Å²) in [5.41, 5.74) is -0.882. The van der Waals surface area contributed by atoms with Crippen molar-refractivity contribution in [2.75, 3.05) is 19.6 Å². The van der Waals surface area contributed by atoms with Crippen LogP contribution in [-0.4, -0.2) is 44.4 Å². The van der Waals surface area contributed by atoms with Crippen LogP contribution in [0.2, 0.25) is 0 Å². The first-order valence-electron chi connectivity index (χ1n) is 11.4. The first-order chi connectivity index (χ1) is 15.2. The average Bonchev–Trinajstić information content (AvgIpc) is 2.74. The van der Waals surface area contributed by atoms with Crippen LogP contribution in [0.25, 0.3) is 0 Å². The van der Waals surface area contributed by atoms with E-state index < -0.39 is 21.8 Å². The van der Waals surface area contributed by atoms with Gasteiger partial charge in [-0.1, -0.05) is 47.0 Å². The van der Waals surface area contributed by atoms with Crippen molar-refractivity contribution in [2.24, 2.45) is 5.92 Å². The maximum atomic E-state index is 12.9. The van der Waals surface area contributed by atoms with Crippen LogP contribution in [0.5, 0.6) is 0 Å². The van der Waals surface area contributed by atoms with Crippen LogP contribution in [0, 0.1) is 5.92 Å². The van der Waals surface area contributed by atoms with Gasteiger partial charge in [-0.15, -0.1) is 0 Å². The van der Waals surface area contributed by atoms with Gasteiger partial charge in [-0.25, -0.2) is 13.2 Å². The Morgan fingerprint density at radius 2 is 1.53 bits per heavy atom. The van der Waals surface area contributed by atoms with Crippen molar-refractivity contribution in [3.05, 3.63) is 29.8 Å². The summed E-state index contributed by atoms with van der Waals surface area (Å²) in [6.07, 6.45) is 4.75. The number of nitrogens with one attached hydrogen (secondary N) is 2. The summed E-state index contributed by atoms with van der Waals surface area (Å²) in [5, 5.41) is 5.91. The molecule has 1 aliphatic heterocycles. The van der Waals surface area contributed by atoms with Gasteiger partial charge < -0.3 is 10.6 Å². The third-order valence-electron chi connectivity index (χ3n) is 6.29. The Hall–Kier alpha value is -1.81. The van der Waals surface area contributed by atoms with E-state index in [4.69, 9.17) is 0 Å². The van der Waals surface area contributed by atoms with Gasteiger partial charge in [-0.05, 0) is 55.9 Å². The number of alkyl halides is 3. The largest absolute Gasteiger partial charge is 0.416 e. The molecule has 1 unspecified atom stereocenters. The molecule has 6 nitrogen and oxygen atoms in total. The number of rotatable bonds is 5. The summed E-state index contributed by atoms with van der Waals surface area (Å²) in [5.74, 6) is -0.0453. The third kappa shape index (κ3) is 8.45. The van der Waals surface area contributed by atoms with Crippen LogP contribution in [0.1, 0.15) is 78.2 Å². The lowest BCUT2D eigenvalue weighted by atomic mass is 9.97. The molecule has 0 spiro atoms. The lowest BCUT2D eigenvalue weighted by molar-refractivity contribution is -0.137. The highest BCUT2D eigenvalue weighted by atomic mass is 32.2. The van der Waals surface area contributed by atoms with E-state index in [1.165, 1.54) is 23.6 Å². The van der Waals surface area contributed by atoms with Gasteiger partial charge in [0, 0.05) is 25.7 Å². The number of carbonyl (C=O) groups is 1. The van der Waals surface area contributed by atoms with Crippen LogP contribution in [0.4, 0.5) is 18.0 Å². The fourth-order valence-electron chi connectivity index (χ4n) is 4.45. The zero-order chi connectivity index (χ0) is 23.2. The number of amides is 2. The summed E-state index contributed by atoms with van der Waals surface area (Å²) in [7, 11) is -3.89. The minimum absolute atomic E-state index is 0. The second-order valence-corrected chi connectivity index (χ2v) is 10.7. The van der Waals surface area contributed by atoms with Crippen molar-refractivity contribution in [3.8, 4) is 0 Å². The zero-order valence-electron chi connectivity index (χ0n) is 18.2. The highest BCUT2D eigenvalue weighted by Gasteiger charge is 2.33. The van der Waals surface area contributed by atoms with E-state index in [0.29, 0.717) is 19.5 Å². The Labute approximate surface area is 202 Å². The summed E-state index contributed by atoms with van der Waals surface area (Å²) < 4.78 is 65.4. The second kappa shape index (κ2) is 13.3. The summed E-state index contributed by atoms with van der Waals surface area (Å²) in [4.78, 5) is 12.2. The Morgan fingerprint density at radius 1 is 0.941 bits per heavy atom. The number of carbonyl (C=O) groups excluding carboxylic acids is 1. The Kier molecular flexibility index (Phi) is 11.8. The lowest BCUT2D eigenvalue weighted by Crippen LogP contribution is -2.47. The van der Waals surface area contributed by atoms with Crippen molar-refractivity contribution < 1.29 is 26.4 Å². The van der Waals surface area contributed by atoms with Gasteiger partial charge >= 0.3 is 12.2 Å². The summed E-state index contributed by atoms with van der Waals surface area (Å²) >= 11 is 0. The topological polar surface area (TPSA) is 78.5 Å². The third-order valence-corrected chi connectivity index (χ3v) is 8.17. The van der Waals surface area contributed by atoms with Crippen molar-refractivity contribution in [1.82, 2.24) is 14.9 Å². The molecule has 1 aliphatic carbocycles. The molecule has 10 heteroatoms. The van der Waals surface area contributed by atoms with E-state index in [9.17, 15) is 26.4 Å². The molecule has 2 aliphatic rings. The van der Waals surface area contributed by atoms with Crippen LogP contribution in [0.3, 0.4) is 0 Å². The zero-order valence-corrected chi connectivity index (χ0v) is 19.0. The Bertz CT molecular complexity index is 852. The van der Waals surface area contributed by atoms with Gasteiger partial charge in [-0.2, -0.15) is 17.5 Å². The maximum Gasteiger partial charge on any atom is 0.416 e. The second-order valence-electron chi connectivity index (χ2n) is 8.79. The standard InChI is InChI=1S/C22H32F3N3O3S.2CH4/c23-22(24,25)18-10-12-20(13-11-18)32(30,31)28-14-6-7-17(16-28)15-26-21(29)27-19-8-4-2-1-3-5-9-19;;/h10-13,17,19H,1-9,14-16H2,(H2,26,27,29);2*1H4. The number of piperidine rings is 1. The molecule has 0 aromatic heterocycles. The maximum absolute atomic E-state index is 12.9. The fraction of sp³-hybridized carbons (Fsp3) is 0.708. The van der Waals surface area contributed by atoms with E-state index in [-0.39, 0.29) is 44.3 Å². The highest BCUT2D eigenvalue weighted by Crippen LogP contribution is 2.31. The fourth-order valence-corrected chi connectivity index (χ4v) is 6.01. The van der Waals surface area contributed by atoms with Crippen LogP contribution in [-0.2, 0) is 16.2 Å². The molecule has 1 aromatic rings. The Morgan fingerprint density at radius 3 is 2.12 bits per heavy atom. The number of benzene rings is 1. The van der Waals surface area contributed by atoms with Crippen molar-refractivity contribution in [2.45, 2.75) is 89.8 Å². The normalized spacial score (nSPS) is 20.7. The summed E-state index contributed by atoms with van der Waals surface area (Å²) in [6.45, 7) is 0.902. The first-order valence-corrected chi connectivity index (χ1v) is 12.8. The number of nitrogens with zero attached hydrogens (tertiary/aromatic N) is 1. The minimum Gasteiger partial charge on any atom is -0.338 e. The molecular formula is C24H40F3N3O3S. The molecule has 1 saturated carbocycles. The molecule has 1 aromatic carbocycles. The molecular weight excluding hydrogens is 467 g/mol. The molecule has 2 amide bonds. The average molecular weight is 508 g/mol. The van der Waals surface area contributed by atoms with Crippen LogP contribution >= 0.6 is 0 Å². The Balaban J connectivity index is 0.00000289. The molecule has 1 saturated heterocycles. The predicted molar refractivity (Wildman–Crippen MR) is 129 cm³/mol. The molecule has 0 bridgehead atoms. The van der Waals surface area contributed by atoms with Gasteiger partial charge in [0.25, 0.3) is 0 Å². The summed E-state index contributed by atoms with van der Waals surface area (Å²) in [6, 6.07) is 3.53. The van der Waals surface area contributed by atoms with Gasteiger partial charge in [-0.3, -0.25) is 0 Å². The smallest absolute Gasteiger partial charge is 0.338 e. The molecule has 2 fully saturated rings. The predicted octanol–water partition coefficient (Wildman–Crippen LogP) is 5.79. The lowest BCUT2D eigenvalue weighted by Gasteiger charge is -2.32. The van der Waals surface area contributed by atoms with E-state index in [1.807, 2.05) is 0 Å². The van der Waals surface area contributed by atoms with Crippen molar-refractivity contribution >= 4 is 16.1 Å². The molecule has 196 valence electrons. The van der Waals surface area contributed by atoms with Gasteiger partial charge in [0.05, 0.1) is 10.5 Å². The number of hydrogen-bond donors (Lipinski definition) is 2. The number of urea groups is 1.